The number of rotatable bonds is 7. The lowest BCUT2D eigenvalue weighted by Crippen LogP contribution is -2.39. The van der Waals surface area contributed by atoms with E-state index in [2.05, 4.69) is 20.1 Å². The second-order valence-electron chi connectivity index (χ2n) is 8.98. The topological polar surface area (TPSA) is 45.6 Å². The van der Waals surface area contributed by atoms with Gasteiger partial charge in [0.15, 0.2) is 5.11 Å². The molecule has 2 atom stereocenters. The molecule has 2 saturated heterocycles. The van der Waals surface area contributed by atoms with Crippen LogP contribution in [0.4, 0.5) is 13.2 Å². The van der Waals surface area contributed by atoms with Crippen molar-refractivity contribution in [1.29, 1.82) is 0 Å². The van der Waals surface area contributed by atoms with Crippen LogP contribution < -0.4 is 5.32 Å². The Kier molecular flexibility index (Phi) is 7.27. The van der Waals surface area contributed by atoms with E-state index in [1.807, 2.05) is 34.9 Å². The number of aromatic nitrogens is 2. The van der Waals surface area contributed by atoms with Crippen molar-refractivity contribution in [2.24, 2.45) is 0 Å². The molecule has 2 aliphatic rings. The van der Waals surface area contributed by atoms with Gasteiger partial charge in [0.1, 0.15) is 0 Å². The van der Waals surface area contributed by atoms with Crippen molar-refractivity contribution in [2.75, 3.05) is 39.4 Å². The molecule has 2 aliphatic heterocycles. The van der Waals surface area contributed by atoms with Crippen LogP contribution in [0.5, 0.6) is 0 Å². The summed E-state index contributed by atoms with van der Waals surface area (Å²) in [6, 6.07) is 14.5. The van der Waals surface area contributed by atoms with Crippen LogP contribution in [0.3, 0.4) is 0 Å². The Morgan fingerprint density at radius 3 is 2.61 bits per heavy atom. The number of pyridine rings is 1. The third-order valence-corrected chi connectivity index (χ3v) is 7.06. The lowest BCUT2D eigenvalue weighted by molar-refractivity contribution is -0.137. The Labute approximate surface area is 213 Å². The molecule has 0 bridgehead atoms. The van der Waals surface area contributed by atoms with Crippen LogP contribution in [0.2, 0.25) is 0 Å². The SMILES string of the molecule is FC(F)(F)c1cccc(-n2cccc2C2C(c3ccccn3)NC(=S)N2CCCN2CCOCC2)c1. The molecule has 4 heterocycles. The number of thiocarbonyl (C=S) groups is 1. The molecule has 1 aromatic carbocycles. The van der Waals surface area contributed by atoms with Gasteiger partial charge in [-0.25, -0.2) is 0 Å². The first-order valence-electron chi connectivity index (χ1n) is 12.0. The summed E-state index contributed by atoms with van der Waals surface area (Å²) in [6.07, 6.45) is 0.0248. The van der Waals surface area contributed by atoms with Crippen molar-refractivity contribution in [1.82, 2.24) is 24.7 Å². The summed E-state index contributed by atoms with van der Waals surface area (Å²) in [5, 5.41) is 4.05. The Balaban J connectivity index is 1.47. The summed E-state index contributed by atoms with van der Waals surface area (Å²) >= 11 is 5.76. The maximum absolute atomic E-state index is 13.4. The van der Waals surface area contributed by atoms with E-state index in [-0.39, 0.29) is 12.1 Å². The highest BCUT2D eigenvalue weighted by molar-refractivity contribution is 7.80. The van der Waals surface area contributed by atoms with E-state index in [0.717, 1.165) is 56.7 Å². The molecule has 0 amide bonds. The lowest BCUT2D eigenvalue weighted by atomic mass is 10.0. The summed E-state index contributed by atoms with van der Waals surface area (Å²) in [7, 11) is 0. The maximum Gasteiger partial charge on any atom is 0.416 e. The maximum atomic E-state index is 13.4. The van der Waals surface area contributed by atoms with Crippen LogP contribution in [-0.4, -0.2) is 63.9 Å². The van der Waals surface area contributed by atoms with Gasteiger partial charge in [0, 0.05) is 50.0 Å². The average Bonchev–Trinajstić information content (AvgIpc) is 3.49. The van der Waals surface area contributed by atoms with E-state index in [1.165, 1.54) is 12.1 Å². The highest BCUT2D eigenvalue weighted by Crippen LogP contribution is 2.40. The van der Waals surface area contributed by atoms with Crippen molar-refractivity contribution in [2.45, 2.75) is 24.7 Å². The van der Waals surface area contributed by atoms with E-state index in [9.17, 15) is 13.2 Å². The van der Waals surface area contributed by atoms with Gasteiger partial charge in [-0.1, -0.05) is 12.1 Å². The summed E-state index contributed by atoms with van der Waals surface area (Å²) in [5.74, 6) is 0. The fraction of sp³-hybridized carbons (Fsp3) is 0.385. The number of hydrogen-bond acceptors (Lipinski definition) is 4. The van der Waals surface area contributed by atoms with Gasteiger partial charge >= 0.3 is 6.18 Å². The van der Waals surface area contributed by atoms with Gasteiger partial charge in [-0.05, 0) is 61.1 Å². The molecular weight excluding hydrogens is 487 g/mol. The molecule has 190 valence electrons. The minimum Gasteiger partial charge on any atom is -0.379 e. The largest absolute Gasteiger partial charge is 0.416 e. The van der Waals surface area contributed by atoms with Gasteiger partial charge in [-0.15, -0.1) is 0 Å². The zero-order valence-corrected chi connectivity index (χ0v) is 20.5. The van der Waals surface area contributed by atoms with Crippen molar-refractivity contribution in [3.63, 3.8) is 0 Å². The summed E-state index contributed by atoms with van der Waals surface area (Å²) in [6.45, 7) is 4.97. The number of halogens is 3. The third-order valence-electron chi connectivity index (χ3n) is 6.71. The first-order valence-corrected chi connectivity index (χ1v) is 12.5. The average molecular weight is 516 g/mol. The molecule has 5 rings (SSSR count). The molecule has 2 aromatic heterocycles. The van der Waals surface area contributed by atoms with Crippen LogP contribution in [0.1, 0.15) is 35.5 Å². The van der Waals surface area contributed by atoms with Crippen LogP contribution in [0, 0.1) is 0 Å². The zero-order chi connectivity index (χ0) is 25.1. The zero-order valence-electron chi connectivity index (χ0n) is 19.7. The standard InChI is InChI=1S/C26H28F3N5OS/c27-26(28,29)19-6-3-7-20(18-19)33-12-4-9-22(33)24-23(21-8-1-2-10-30-21)31-25(36)34(24)13-5-11-32-14-16-35-17-15-32/h1-4,6-10,12,18,23-24H,5,11,13-17H2,(H,31,36). The molecule has 0 radical (unpaired) electrons. The monoisotopic (exact) mass is 515 g/mol. The molecule has 36 heavy (non-hydrogen) atoms. The Bertz CT molecular complexity index is 1180. The quantitative estimate of drug-likeness (QED) is 0.465. The Morgan fingerprint density at radius 1 is 1.03 bits per heavy atom. The number of ether oxygens (including phenoxy) is 1. The van der Waals surface area contributed by atoms with Gasteiger partial charge in [-0.3, -0.25) is 9.88 Å². The molecule has 3 aromatic rings. The van der Waals surface area contributed by atoms with Crippen LogP contribution >= 0.6 is 12.2 Å². The van der Waals surface area contributed by atoms with Gasteiger partial charge < -0.3 is 19.5 Å². The highest BCUT2D eigenvalue weighted by Gasteiger charge is 2.41. The summed E-state index contributed by atoms with van der Waals surface area (Å²) in [5.41, 5.74) is 1.46. The highest BCUT2D eigenvalue weighted by atomic mass is 32.1. The van der Waals surface area contributed by atoms with Crippen molar-refractivity contribution in [3.8, 4) is 5.69 Å². The minimum absolute atomic E-state index is 0.235. The fourth-order valence-corrected chi connectivity index (χ4v) is 5.29. The lowest BCUT2D eigenvalue weighted by Gasteiger charge is -2.31. The predicted octanol–water partition coefficient (Wildman–Crippen LogP) is 4.59. The molecule has 0 spiro atoms. The molecule has 2 unspecified atom stereocenters. The minimum atomic E-state index is -4.41. The third kappa shape index (κ3) is 5.25. The van der Waals surface area contributed by atoms with Gasteiger partial charge in [0.25, 0.3) is 0 Å². The van der Waals surface area contributed by atoms with Crippen molar-refractivity contribution < 1.29 is 17.9 Å². The molecular formula is C26H28F3N5OS. The Hall–Kier alpha value is -2.95. The Morgan fingerprint density at radius 2 is 1.86 bits per heavy atom. The van der Waals surface area contributed by atoms with Crippen molar-refractivity contribution in [3.05, 3.63) is 83.9 Å². The van der Waals surface area contributed by atoms with E-state index in [4.69, 9.17) is 17.0 Å². The molecule has 10 heteroatoms. The van der Waals surface area contributed by atoms with E-state index >= 15 is 0 Å². The summed E-state index contributed by atoms with van der Waals surface area (Å²) < 4.78 is 47.6. The number of nitrogens with zero attached hydrogens (tertiary/aromatic N) is 4. The van der Waals surface area contributed by atoms with Crippen LogP contribution in [0.15, 0.2) is 67.0 Å². The van der Waals surface area contributed by atoms with E-state index < -0.39 is 11.7 Å². The number of hydrogen-bond donors (Lipinski definition) is 1. The molecule has 6 nitrogen and oxygen atoms in total. The van der Waals surface area contributed by atoms with Gasteiger partial charge in [-0.2, -0.15) is 13.2 Å². The molecule has 0 aliphatic carbocycles. The molecule has 2 fully saturated rings. The number of alkyl halides is 3. The smallest absolute Gasteiger partial charge is 0.379 e. The number of benzene rings is 1. The molecule has 1 N–H and O–H groups in total. The van der Waals surface area contributed by atoms with E-state index in [0.29, 0.717) is 17.3 Å². The number of morpholine rings is 1. The first-order chi connectivity index (χ1) is 17.4. The molecule has 0 saturated carbocycles. The van der Waals surface area contributed by atoms with Gasteiger partial charge in [0.2, 0.25) is 0 Å². The first kappa shape index (κ1) is 24.7. The number of nitrogens with one attached hydrogen (secondary N) is 1. The normalized spacial score (nSPS) is 21.1. The van der Waals surface area contributed by atoms with Gasteiger partial charge in [0.05, 0.1) is 36.6 Å². The summed E-state index contributed by atoms with van der Waals surface area (Å²) in [4.78, 5) is 9.09. The van der Waals surface area contributed by atoms with E-state index in [1.54, 1.807) is 18.5 Å². The van der Waals surface area contributed by atoms with Crippen molar-refractivity contribution >= 4 is 17.3 Å². The fourth-order valence-electron chi connectivity index (χ4n) is 4.96. The predicted molar refractivity (Wildman–Crippen MR) is 135 cm³/mol. The van der Waals surface area contributed by atoms with Crippen LogP contribution in [0.25, 0.3) is 5.69 Å². The second kappa shape index (κ2) is 10.6. The second-order valence-corrected chi connectivity index (χ2v) is 9.37. The van der Waals surface area contributed by atoms with Crippen LogP contribution in [-0.2, 0) is 10.9 Å².